The second-order valence-corrected chi connectivity index (χ2v) is 10.2. The summed E-state index contributed by atoms with van der Waals surface area (Å²) in [7, 11) is 4.37. The molecule has 5 N–H and O–H groups in total. The average molecular weight is 402 g/mol. The van der Waals surface area contributed by atoms with E-state index in [4.69, 9.17) is 16.4 Å². The van der Waals surface area contributed by atoms with Gasteiger partial charge in [-0.05, 0) is 46.2 Å². The van der Waals surface area contributed by atoms with Gasteiger partial charge >= 0.3 is 0 Å². The maximum Gasteiger partial charge on any atom is 0.183 e. The summed E-state index contributed by atoms with van der Waals surface area (Å²) in [4.78, 5) is 10.2. The van der Waals surface area contributed by atoms with Crippen LogP contribution in [0.2, 0.25) is 0 Å². The van der Waals surface area contributed by atoms with Gasteiger partial charge in [-0.1, -0.05) is 0 Å². The van der Waals surface area contributed by atoms with Crippen LogP contribution >= 0.6 is 11.6 Å². The molecule has 27 heavy (non-hydrogen) atoms. The predicted molar refractivity (Wildman–Crippen MR) is 107 cm³/mol. The second kappa shape index (κ2) is 9.24. The fourth-order valence-electron chi connectivity index (χ4n) is 5.80. The van der Waals surface area contributed by atoms with Gasteiger partial charge in [-0.3, -0.25) is 15.1 Å². The van der Waals surface area contributed by atoms with Crippen molar-refractivity contribution in [2.45, 2.75) is 81.3 Å². The van der Waals surface area contributed by atoms with Gasteiger partial charge in [0.2, 0.25) is 0 Å². The lowest BCUT2D eigenvalue weighted by molar-refractivity contribution is -0.919. The summed E-state index contributed by atoms with van der Waals surface area (Å²) in [5.41, 5.74) is 3.35. The smallest absolute Gasteiger partial charge is 0.183 e. The van der Waals surface area contributed by atoms with Gasteiger partial charge in [0.25, 0.3) is 0 Å². The zero-order valence-corrected chi connectivity index (χ0v) is 17.9. The topological polar surface area (TPSA) is 57.6 Å². The standard InChI is InChI=1S/C20H38ClN5O/c1-25(2)18-10-7-15(12-22-18)19-23-20(27-24-19)17-4-3-11-26(17)13-14-5-8-16(21)9-6-14/h14-20,22-24H,3-13H2,1-2H3/p+2/t14?,15?,16?,17-,18?,19?,20?/m1/s1. The summed E-state index contributed by atoms with van der Waals surface area (Å²) < 4.78 is 0. The summed E-state index contributed by atoms with van der Waals surface area (Å²) in [6, 6.07) is 0.596. The van der Waals surface area contributed by atoms with Crippen molar-refractivity contribution in [1.82, 2.24) is 15.7 Å². The molecule has 3 heterocycles. The Balaban J connectivity index is 1.25. The number of nitrogens with two attached hydrogens (primary N) is 1. The zero-order valence-electron chi connectivity index (χ0n) is 17.1. The highest BCUT2D eigenvalue weighted by molar-refractivity contribution is 6.20. The summed E-state index contributed by atoms with van der Waals surface area (Å²) >= 11 is 6.30. The van der Waals surface area contributed by atoms with E-state index in [0.29, 0.717) is 29.7 Å². The molecule has 1 saturated carbocycles. The monoisotopic (exact) mass is 401 g/mol. The van der Waals surface area contributed by atoms with Gasteiger partial charge in [-0.15, -0.1) is 11.6 Å². The summed E-state index contributed by atoms with van der Waals surface area (Å²) in [5.74, 6) is 1.51. The van der Waals surface area contributed by atoms with Crippen molar-refractivity contribution < 1.29 is 15.1 Å². The number of piperidine rings is 1. The van der Waals surface area contributed by atoms with Crippen LogP contribution in [0.15, 0.2) is 0 Å². The normalized spacial score (nSPS) is 46.2. The highest BCUT2D eigenvalue weighted by atomic mass is 35.5. The Morgan fingerprint density at radius 2 is 1.93 bits per heavy atom. The van der Waals surface area contributed by atoms with Gasteiger partial charge in [0.15, 0.2) is 6.23 Å². The minimum Gasteiger partial charge on any atom is -0.331 e. The molecule has 0 spiro atoms. The van der Waals surface area contributed by atoms with Crippen LogP contribution in [0, 0.1) is 11.8 Å². The van der Waals surface area contributed by atoms with E-state index in [1.807, 2.05) is 0 Å². The number of hydrogen-bond acceptors (Lipinski definition) is 4. The zero-order chi connectivity index (χ0) is 18.8. The van der Waals surface area contributed by atoms with Gasteiger partial charge in [-0.25, -0.2) is 0 Å². The Bertz CT molecular complexity index is 465. The Labute approximate surface area is 169 Å². The van der Waals surface area contributed by atoms with E-state index in [-0.39, 0.29) is 6.23 Å². The number of nitrogens with one attached hydrogen (secondary N) is 3. The molecule has 6 atom stereocenters. The number of halogens is 1. The van der Waals surface area contributed by atoms with Crippen molar-refractivity contribution in [1.29, 1.82) is 0 Å². The van der Waals surface area contributed by atoms with Crippen molar-refractivity contribution in [3.05, 3.63) is 0 Å². The van der Waals surface area contributed by atoms with Gasteiger partial charge in [0.05, 0.1) is 25.8 Å². The van der Waals surface area contributed by atoms with Crippen LogP contribution in [0.1, 0.15) is 51.4 Å². The molecule has 5 unspecified atom stereocenters. The van der Waals surface area contributed by atoms with Crippen molar-refractivity contribution in [2.75, 3.05) is 33.7 Å². The first-order valence-electron chi connectivity index (χ1n) is 11.3. The van der Waals surface area contributed by atoms with Crippen LogP contribution in [0.4, 0.5) is 0 Å². The summed E-state index contributed by atoms with van der Waals surface area (Å²) in [6.45, 7) is 3.79. The fraction of sp³-hybridized carbons (Fsp3) is 1.00. The molecule has 1 aliphatic carbocycles. The molecule has 0 radical (unpaired) electrons. The molecular weight excluding hydrogens is 362 g/mol. The van der Waals surface area contributed by atoms with Crippen LogP contribution in [-0.4, -0.2) is 68.6 Å². The fourth-order valence-corrected chi connectivity index (χ4v) is 6.05. The first-order valence-corrected chi connectivity index (χ1v) is 11.7. The Kier molecular flexibility index (Phi) is 6.96. The maximum absolute atomic E-state index is 6.30. The molecule has 3 saturated heterocycles. The van der Waals surface area contributed by atoms with Crippen LogP contribution in [0.25, 0.3) is 0 Å². The van der Waals surface area contributed by atoms with E-state index in [1.54, 1.807) is 4.90 Å². The predicted octanol–water partition coefficient (Wildman–Crippen LogP) is -0.531. The maximum atomic E-state index is 6.30. The third-order valence-electron chi connectivity index (χ3n) is 7.57. The highest BCUT2D eigenvalue weighted by Crippen LogP contribution is 2.27. The molecule has 6 nitrogen and oxygen atoms in total. The molecule has 3 aliphatic heterocycles. The molecule has 4 aliphatic rings. The van der Waals surface area contributed by atoms with Crippen LogP contribution < -0.4 is 21.0 Å². The molecule has 0 aromatic carbocycles. The Morgan fingerprint density at radius 3 is 2.63 bits per heavy atom. The van der Waals surface area contributed by atoms with Gasteiger partial charge in [-0.2, -0.15) is 5.48 Å². The number of alkyl halides is 1. The molecule has 0 aromatic heterocycles. The SMILES string of the molecule is CN(C)C1CCC(C2NOC([C@H]3CCC[NH+]3CC3CCC(Cl)CC3)N2)C[NH2+]1. The Hall–Kier alpha value is 0.0500. The summed E-state index contributed by atoms with van der Waals surface area (Å²) in [5, 5.41) is 6.73. The molecule has 156 valence electrons. The van der Waals surface area contributed by atoms with E-state index < -0.39 is 0 Å². The van der Waals surface area contributed by atoms with Crippen LogP contribution in [-0.2, 0) is 4.84 Å². The molecule has 4 rings (SSSR count). The molecule has 0 amide bonds. The largest absolute Gasteiger partial charge is 0.331 e. The number of nitrogens with zero attached hydrogens (tertiary/aromatic N) is 1. The van der Waals surface area contributed by atoms with Crippen molar-refractivity contribution in [2.24, 2.45) is 11.8 Å². The minimum absolute atomic E-state index is 0.170. The molecular formula is C20H40ClN5O+2. The van der Waals surface area contributed by atoms with Crippen LogP contribution in [0.3, 0.4) is 0 Å². The number of hydrogen-bond donors (Lipinski definition) is 4. The first kappa shape index (κ1) is 20.3. The number of likely N-dealkylation sites (tertiary alicyclic amines) is 1. The lowest BCUT2D eigenvalue weighted by Gasteiger charge is -2.33. The minimum atomic E-state index is 0.170. The van der Waals surface area contributed by atoms with Gasteiger partial charge in [0.1, 0.15) is 12.2 Å². The van der Waals surface area contributed by atoms with E-state index >= 15 is 0 Å². The first-order chi connectivity index (χ1) is 13.1. The number of rotatable bonds is 5. The van der Waals surface area contributed by atoms with Crippen molar-refractivity contribution in [3.8, 4) is 0 Å². The molecule has 7 heteroatoms. The van der Waals surface area contributed by atoms with Crippen molar-refractivity contribution in [3.63, 3.8) is 0 Å². The average Bonchev–Trinajstić information content (AvgIpc) is 3.33. The quantitative estimate of drug-likeness (QED) is 0.468. The molecule has 0 aromatic rings. The van der Waals surface area contributed by atoms with Crippen LogP contribution in [0.5, 0.6) is 0 Å². The van der Waals surface area contributed by atoms with Gasteiger partial charge in [0, 0.05) is 36.5 Å². The number of hydroxylamine groups is 1. The van der Waals surface area contributed by atoms with E-state index in [9.17, 15) is 0 Å². The molecule has 4 fully saturated rings. The van der Waals surface area contributed by atoms with E-state index in [0.717, 1.165) is 5.92 Å². The third kappa shape index (κ3) is 4.97. The van der Waals surface area contributed by atoms with Gasteiger partial charge < -0.3 is 10.2 Å². The second-order valence-electron chi connectivity index (χ2n) is 9.62. The lowest BCUT2D eigenvalue weighted by atomic mass is 9.88. The highest BCUT2D eigenvalue weighted by Gasteiger charge is 2.44. The Morgan fingerprint density at radius 1 is 1.11 bits per heavy atom. The number of quaternary nitrogens is 2. The van der Waals surface area contributed by atoms with E-state index in [2.05, 4.69) is 35.1 Å². The summed E-state index contributed by atoms with van der Waals surface area (Å²) in [6.07, 6.45) is 11.3. The van der Waals surface area contributed by atoms with E-state index in [1.165, 1.54) is 71.0 Å². The van der Waals surface area contributed by atoms with Crippen molar-refractivity contribution >= 4 is 11.6 Å². The molecule has 0 bridgehead atoms. The third-order valence-corrected chi connectivity index (χ3v) is 8.01. The lowest BCUT2D eigenvalue weighted by Crippen LogP contribution is -3.15.